The van der Waals surface area contributed by atoms with Crippen molar-refractivity contribution in [2.24, 2.45) is 0 Å². The second-order valence-electron chi connectivity index (χ2n) is 2.88. The molecular weight excluding hydrogens is 117 g/mol. The predicted octanol–water partition coefficient (Wildman–Crippen LogP) is -0.0389. The molecule has 0 aromatic heterocycles. The van der Waals surface area contributed by atoms with Crippen LogP contribution < -0.4 is 18.9 Å². The predicted molar refractivity (Wildman–Crippen MR) is 42.9 cm³/mol. The van der Waals surface area contributed by atoms with Crippen molar-refractivity contribution in [3.63, 3.8) is 0 Å². The molecule has 0 N–H and O–H groups in total. The molecule has 0 heterocycles. The van der Waals surface area contributed by atoms with Gasteiger partial charge in [0.25, 0.3) is 0 Å². The molecule has 0 aromatic rings. The van der Waals surface area contributed by atoms with Crippen molar-refractivity contribution in [2.75, 3.05) is 0 Å². The van der Waals surface area contributed by atoms with E-state index in [1.165, 1.54) is 12.8 Å². The van der Waals surface area contributed by atoms with Gasteiger partial charge in [-0.15, -0.1) is 12.1 Å². The Labute approximate surface area is 77.1 Å². The third-order valence-corrected chi connectivity index (χ3v) is 1.26. The molecule has 1 nitrogen and oxygen atoms in total. The van der Waals surface area contributed by atoms with Crippen LogP contribution in [0, 0.1) is 0 Å². The molecule has 0 fully saturated rings. The fraction of sp³-hybridized carbons (Fsp3) is 1.00. The normalized spacial score (nSPS) is 12.9. The van der Waals surface area contributed by atoms with Gasteiger partial charge >= 0.3 is 18.9 Å². The van der Waals surface area contributed by atoms with Crippen LogP contribution in [0.1, 0.15) is 40.5 Å². The van der Waals surface area contributed by atoms with Crippen molar-refractivity contribution in [3.05, 3.63) is 5.32 Å². The third-order valence-electron chi connectivity index (χ3n) is 1.26. The first-order valence-corrected chi connectivity index (χ1v) is 3.86. The average molecular weight is 135 g/mol. The van der Waals surface area contributed by atoms with Crippen molar-refractivity contribution in [2.45, 2.75) is 52.6 Å². The van der Waals surface area contributed by atoms with Gasteiger partial charge in [0.05, 0.1) is 0 Å². The second kappa shape index (κ2) is 7.66. The fourth-order valence-corrected chi connectivity index (χ4v) is 1.00. The van der Waals surface area contributed by atoms with Crippen LogP contribution in [0.3, 0.4) is 0 Å². The molecule has 0 saturated heterocycles. The first kappa shape index (κ1) is 13.2. The standard InChI is InChI=1S/C8H18N.Li/c1-5-6-8(4)9-7(2)3;/h7-8H,5-6H2,1-4H3;/q-1;+1. The first-order valence-electron chi connectivity index (χ1n) is 3.86. The molecule has 0 spiro atoms. The molecule has 0 aromatic carbocycles. The number of hydrogen-bond acceptors (Lipinski definition) is 0. The summed E-state index contributed by atoms with van der Waals surface area (Å²) in [5.41, 5.74) is 0. The zero-order valence-corrected chi connectivity index (χ0v) is 8.02. The van der Waals surface area contributed by atoms with Gasteiger partial charge in [-0.25, -0.2) is 0 Å². The number of hydrogen-bond donors (Lipinski definition) is 0. The van der Waals surface area contributed by atoms with E-state index in [4.69, 9.17) is 0 Å². The summed E-state index contributed by atoms with van der Waals surface area (Å²) in [6, 6.07) is 1.07. The van der Waals surface area contributed by atoms with Crippen molar-refractivity contribution < 1.29 is 18.9 Å². The summed E-state index contributed by atoms with van der Waals surface area (Å²) in [5.74, 6) is 0. The van der Waals surface area contributed by atoms with Crippen LogP contribution in [-0.4, -0.2) is 12.1 Å². The Balaban J connectivity index is 0. The largest absolute Gasteiger partial charge is 1.00 e. The maximum absolute atomic E-state index is 4.47. The zero-order chi connectivity index (χ0) is 7.28. The van der Waals surface area contributed by atoms with Gasteiger partial charge in [0.15, 0.2) is 0 Å². The van der Waals surface area contributed by atoms with E-state index in [0.29, 0.717) is 12.1 Å². The minimum atomic E-state index is 0. The van der Waals surface area contributed by atoms with Gasteiger partial charge in [-0.3, -0.25) is 0 Å². The third kappa shape index (κ3) is 8.56. The topological polar surface area (TPSA) is 14.1 Å². The molecule has 56 valence electrons. The molecule has 0 aliphatic rings. The quantitative estimate of drug-likeness (QED) is 0.480. The Morgan fingerprint density at radius 2 is 1.70 bits per heavy atom. The molecule has 10 heavy (non-hydrogen) atoms. The van der Waals surface area contributed by atoms with Gasteiger partial charge in [0.2, 0.25) is 0 Å². The van der Waals surface area contributed by atoms with Gasteiger partial charge < -0.3 is 5.32 Å². The summed E-state index contributed by atoms with van der Waals surface area (Å²) >= 11 is 0. The summed E-state index contributed by atoms with van der Waals surface area (Å²) in [5, 5.41) is 4.47. The van der Waals surface area contributed by atoms with E-state index >= 15 is 0 Å². The minimum Gasteiger partial charge on any atom is -0.657 e. The Morgan fingerprint density at radius 1 is 1.20 bits per heavy atom. The monoisotopic (exact) mass is 135 g/mol. The molecule has 2 heteroatoms. The summed E-state index contributed by atoms with van der Waals surface area (Å²) in [6.07, 6.45) is 2.48. The van der Waals surface area contributed by atoms with Gasteiger partial charge in [-0.1, -0.05) is 40.5 Å². The summed E-state index contributed by atoms with van der Waals surface area (Å²) in [6.45, 7) is 8.65. The van der Waals surface area contributed by atoms with Gasteiger partial charge in [0, 0.05) is 0 Å². The van der Waals surface area contributed by atoms with Crippen molar-refractivity contribution in [1.29, 1.82) is 0 Å². The molecule has 0 amide bonds. The molecule has 0 bridgehead atoms. The van der Waals surface area contributed by atoms with Crippen LogP contribution in [0.25, 0.3) is 5.32 Å². The van der Waals surface area contributed by atoms with Crippen molar-refractivity contribution >= 4 is 0 Å². The zero-order valence-electron chi connectivity index (χ0n) is 8.02. The van der Waals surface area contributed by atoms with Crippen LogP contribution in [-0.2, 0) is 0 Å². The van der Waals surface area contributed by atoms with Gasteiger partial charge in [-0.2, -0.15) is 0 Å². The molecule has 0 radical (unpaired) electrons. The Morgan fingerprint density at radius 3 is 2.00 bits per heavy atom. The van der Waals surface area contributed by atoms with E-state index in [1.54, 1.807) is 0 Å². The SMILES string of the molecule is CCCC(C)[N-]C(C)C.[Li+]. The molecule has 1 atom stereocenters. The van der Waals surface area contributed by atoms with E-state index in [2.05, 4.69) is 33.0 Å². The summed E-state index contributed by atoms with van der Waals surface area (Å²) in [4.78, 5) is 0. The maximum Gasteiger partial charge on any atom is 1.00 e. The minimum absolute atomic E-state index is 0. The van der Waals surface area contributed by atoms with Crippen LogP contribution in [0.5, 0.6) is 0 Å². The van der Waals surface area contributed by atoms with Crippen LogP contribution in [0.15, 0.2) is 0 Å². The van der Waals surface area contributed by atoms with E-state index in [9.17, 15) is 0 Å². The molecular formula is C8H18LiN. The maximum atomic E-state index is 4.47. The molecule has 0 aliphatic heterocycles. The van der Waals surface area contributed by atoms with Crippen molar-refractivity contribution in [1.82, 2.24) is 0 Å². The van der Waals surface area contributed by atoms with E-state index in [1.807, 2.05) is 0 Å². The fourth-order valence-electron chi connectivity index (χ4n) is 1.00. The molecule has 1 unspecified atom stereocenters. The van der Waals surface area contributed by atoms with Gasteiger partial charge in [-0.05, 0) is 0 Å². The van der Waals surface area contributed by atoms with E-state index < -0.39 is 0 Å². The number of nitrogens with zero attached hydrogens (tertiary/aromatic N) is 1. The Hall–Kier alpha value is 0.557. The second-order valence-corrected chi connectivity index (χ2v) is 2.88. The smallest absolute Gasteiger partial charge is 0.657 e. The molecule has 0 aliphatic carbocycles. The van der Waals surface area contributed by atoms with E-state index in [-0.39, 0.29) is 18.9 Å². The van der Waals surface area contributed by atoms with Crippen LogP contribution in [0.2, 0.25) is 0 Å². The summed E-state index contributed by atoms with van der Waals surface area (Å²) < 4.78 is 0. The van der Waals surface area contributed by atoms with E-state index in [0.717, 1.165) is 0 Å². The van der Waals surface area contributed by atoms with Crippen molar-refractivity contribution in [3.8, 4) is 0 Å². The van der Waals surface area contributed by atoms with Crippen LogP contribution in [0.4, 0.5) is 0 Å². The Bertz CT molecular complexity index is 64.3. The van der Waals surface area contributed by atoms with Gasteiger partial charge in [0.1, 0.15) is 0 Å². The summed E-state index contributed by atoms with van der Waals surface area (Å²) in [7, 11) is 0. The number of rotatable bonds is 4. The average Bonchev–Trinajstić information content (AvgIpc) is 1.63. The molecule has 0 saturated carbocycles. The first-order chi connectivity index (χ1) is 4.16. The Kier molecular flexibility index (Phi) is 10.1. The molecule has 0 rings (SSSR count). The van der Waals surface area contributed by atoms with Crippen LogP contribution >= 0.6 is 0 Å².